The Morgan fingerprint density at radius 1 is 1.25 bits per heavy atom. The number of halogens is 2. The predicted octanol–water partition coefficient (Wildman–Crippen LogP) is 5.14. The number of aryl methyl sites for hydroxylation is 1. The van der Waals surface area contributed by atoms with Gasteiger partial charge in [-0.3, -0.25) is 4.79 Å². The van der Waals surface area contributed by atoms with E-state index in [1.165, 1.54) is 11.8 Å². The molecule has 0 aromatic heterocycles. The molecule has 0 radical (unpaired) electrons. The average molecular weight is 371 g/mol. The molecule has 0 heterocycles. The number of anilines is 1. The standard InChI is InChI=1S/C15H13BrClNOS/c1-10-2-7-14(13(17)8-10)18-15(19)9-20-12-5-3-11(16)4-6-12/h2-8H,9H2,1H3,(H,18,19). The van der Waals surface area contributed by atoms with E-state index in [2.05, 4.69) is 21.2 Å². The van der Waals surface area contributed by atoms with Gasteiger partial charge < -0.3 is 5.32 Å². The zero-order chi connectivity index (χ0) is 14.5. The number of nitrogens with one attached hydrogen (secondary N) is 1. The molecule has 0 spiro atoms. The normalized spacial score (nSPS) is 10.3. The van der Waals surface area contributed by atoms with Gasteiger partial charge >= 0.3 is 0 Å². The van der Waals surface area contributed by atoms with E-state index in [1.54, 1.807) is 0 Å². The van der Waals surface area contributed by atoms with E-state index < -0.39 is 0 Å². The van der Waals surface area contributed by atoms with E-state index in [-0.39, 0.29) is 5.91 Å². The molecule has 0 bridgehead atoms. The van der Waals surface area contributed by atoms with Gasteiger partial charge in [-0.15, -0.1) is 11.8 Å². The first-order chi connectivity index (χ1) is 9.54. The number of benzene rings is 2. The molecule has 2 aromatic carbocycles. The molecular weight excluding hydrogens is 358 g/mol. The van der Waals surface area contributed by atoms with E-state index in [1.807, 2.05) is 49.4 Å². The summed E-state index contributed by atoms with van der Waals surface area (Å²) in [6, 6.07) is 13.4. The molecule has 0 saturated carbocycles. The lowest BCUT2D eigenvalue weighted by atomic mass is 10.2. The fraction of sp³-hybridized carbons (Fsp3) is 0.133. The molecule has 2 rings (SSSR count). The number of thioether (sulfide) groups is 1. The van der Waals surface area contributed by atoms with Gasteiger partial charge in [0.15, 0.2) is 0 Å². The first kappa shape index (κ1) is 15.4. The molecule has 0 saturated heterocycles. The first-order valence-corrected chi connectivity index (χ1v) is 8.14. The minimum absolute atomic E-state index is 0.0660. The highest BCUT2D eigenvalue weighted by atomic mass is 79.9. The zero-order valence-electron chi connectivity index (χ0n) is 10.8. The van der Waals surface area contributed by atoms with Crippen LogP contribution in [0.25, 0.3) is 0 Å². The van der Waals surface area contributed by atoms with Crippen LogP contribution in [0.15, 0.2) is 51.8 Å². The molecule has 0 atom stereocenters. The first-order valence-electron chi connectivity index (χ1n) is 5.99. The fourth-order valence-corrected chi connectivity index (χ4v) is 2.83. The fourth-order valence-electron chi connectivity index (χ4n) is 1.59. The SMILES string of the molecule is Cc1ccc(NC(=O)CSc2ccc(Br)cc2)c(Cl)c1. The van der Waals surface area contributed by atoms with Crippen molar-refractivity contribution in [2.24, 2.45) is 0 Å². The van der Waals surface area contributed by atoms with Gasteiger partial charge in [-0.25, -0.2) is 0 Å². The Kier molecular flexibility index (Phi) is 5.52. The maximum atomic E-state index is 11.9. The van der Waals surface area contributed by atoms with E-state index in [9.17, 15) is 4.79 Å². The van der Waals surface area contributed by atoms with E-state index in [4.69, 9.17) is 11.6 Å². The van der Waals surface area contributed by atoms with Crippen molar-refractivity contribution in [3.63, 3.8) is 0 Å². The van der Waals surface area contributed by atoms with Crippen LogP contribution in [0.5, 0.6) is 0 Å². The molecule has 2 nitrogen and oxygen atoms in total. The molecule has 0 aliphatic rings. The number of hydrogen-bond acceptors (Lipinski definition) is 2. The maximum Gasteiger partial charge on any atom is 0.234 e. The maximum absolute atomic E-state index is 11.9. The molecule has 0 unspecified atom stereocenters. The molecule has 0 aliphatic heterocycles. The van der Waals surface area contributed by atoms with Crippen molar-refractivity contribution in [2.45, 2.75) is 11.8 Å². The molecule has 20 heavy (non-hydrogen) atoms. The van der Waals surface area contributed by atoms with Gasteiger partial charge in [0.1, 0.15) is 0 Å². The molecule has 2 aromatic rings. The summed E-state index contributed by atoms with van der Waals surface area (Å²) < 4.78 is 1.03. The highest BCUT2D eigenvalue weighted by Crippen LogP contribution is 2.24. The Morgan fingerprint density at radius 3 is 2.60 bits per heavy atom. The topological polar surface area (TPSA) is 29.1 Å². The summed E-state index contributed by atoms with van der Waals surface area (Å²) in [6.45, 7) is 1.96. The summed E-state index contributed by atoms with van der Waals surface area (Å²) in [4.78, 5) is 12.9. The van der Waals surface area contributed by atoms with Crippen molar-refractivity contribution < 1.29 is 4.79 Å². The van der Waals surface area contributed by atoms with Crippen molar-refractivity contribution in [2.75, 3.05) is 11.1 Å². The minimum atomic E-state index is -0.0660. The van der Waals surface area contributed by atoms with Crippen molar-refractivity contribution >= 4 is 50.9 Å². The Balaban J connectivity index is 1.90. The minimum Gasteiger partial charge on any atom is -0.324 e. The monoisotopic (exact) mass is 369 g/mol. The number of rotatable bonds is 4. The molecule has 5 heteroatoms. The second-order valence-corrected chi connectivity index (χ2v) is 6.65. The Hall–Kier alpha value is -0.970. The second kappa shape index (κ2) is 7.16. The number of hydrogen-bond donors (Lipinski definition) is 1. The molecule has 1 N–H and O–H groups in total. The van der Waals surface area contributed by atoms with Crippen LogP contribution in [0.2, 0.25) is 5.02 Å². The van der Waals surface area contributed by atoms with Crippen LogP contribution in [0.3, 0.4) is 0 Å². The third-order valence-corrected chi connectivity index (χ3v) is 4.44. The quantitative estimate of drug-likeness (QED) is 0.755. The van der Waals surface area contributed by atoms with Crippen LogP contribution in [0.4, 0.5) is 5.69 Å². The number of carbonyl (C=O) groups excluding carboxylic acids is 1. The molecule has 0 fully saturated rings. The molecule has 1 amide bonds. The summed E-state index contributed by atoms with van der Waals surface area (Å²) in [5.74, 6) is 0.287. The number of carbonyl (C=O) groups is 1. The molecule has 0 aliphatic carbocycles. The van der Waals surface area contributed by atoms with Gasteiger partial charge in [0, 0.05) is 9.37 Å². The van der Waals surface area contributed by atoms with Crippen LogP contribution >= 0.6 is 39.3 Å². The van der Waals surface area contributed by atoms with Gasteiger partial charge in [0.25, 0.3) is 0 Å². The summed E-state index contributed by atoms with van der Waals surface area (Å²) in [5, 5.41) is 3.38. The third kappa shape index (κ3) is 4.54. The van der Waals surface area contributed by atoms with Crippen molar-refractivity contribution in [3.05, 3.63) is 57.5 Å². The summed E-state index contributed by atoms with van der Waals surface area (Å²) in [6.07, 6.45) is 0. The van der Waals surface area contributed by atoms with E-state index in [0.717, 1.165) is 14.9 Å². The van der Waals surface area contributed by atoms with Crippen molar-refractivity contribution in [1.82, 2.24) is 0 Å². The van der Waals surface area contributed by atoms with E-state index in [0.29, 0.717) is 16.5 Å². The van der Waals surface area contributed by atoms with Gasteiger partial charge in [-0.1, -0.05) is 33.6 Å². The zero-order valence-corrected chi connectivity index (χ0v) is 14.0. The van der Waals surface area contributed by atoms with Crippen LogP contribution in [0, 0.1) is 6.92 Å². The second-order valence-electron chi connectivity index (χ2n) is 4.27. The molecular formula is C15H13BrClNOS. The van der Waals surface area contributed by atoms with Crippen molar-refractivity contribution in [1.29, 1.82) is 0 Å². The molecule has 104 valence electrons. The summed E-state index contributed by atoms with van der Waals surface area (Å²) in [7, 11) is 0. The van der Waals surface area contributed by atoms with Gasteiger partial charge in [-0.05, 0) is 48.9 Å². The van der Waals surface area contributed by atoms with Crippen molar-refractivity contribution in [3.8, 4) is 0 Å². The average Bonchev–Trinajstić information content (AvgIpc) is 2.41. The number of amides is 1. The van der Waals surface area contributed by atoms with E-state index >= 15 is 0 Å². The van der Waals surface area contributed by atoms with Gasteiger partial charge in [0.2, 0.25) is 5.91 Å². The largest absolute Gasteiger partial charge is 0.324 e. The Morgan fingerprint density at radius 2 is 1.95 bits per heavy atom. The lowest BCUT2D eigenvalue weighted by Gasteiger charge is -2.08. The summed E-state index contributed by atoms with van der Waals surface area (Å²) in [5.41, 5.74) is 1.72. The highest BCUT2D eigenvalue weighted by Gasteiger charge is 2.06. The smallest absolute Gasteiger partial charge is 0.234 e. The van der Waals surface area contributed by atoms with Gasteiger partial charge in [0.05, 0.1) is 16.5 Å². The Labute approximate surface area is 136 Å². The van der Waals surface area contributed by atoms with Crippen LogP contribution in [-0.4, -0.2) is 11.7 Å². The lowest BCUT2D eigenvalue weighted by Crippen LogP contribution is -2.14. The predicted molar refractivity (Wildman–Crippen MR) is 89.7 cm³/mol. The van der Waals surface area contributed by atoms with Crippen LogP contribution in [0.1, 0.15) is 5.56 Å². The lowest BCUT2D eigenvalue weighted by molar-refractivity contribution is -0.113. The van der Waals surface area contributed by atoms with Crippen LogP contribution in [-0.2, 0) is 4.79 Å². The Bertz CT molecular complexity index is 616. The highest BCUT2D eigenvalue weighted by molar-refractivity contribution is 9.10. The third-order valence-electron chi connectivity index (χ3n) is 2.58. The summed E-state index contributed by atoms with van der Waals surface area (Å²) >= 11 is 11.0. The van der Waals surface area contributed by atoms with Gasteiger partial charge in [-0.2, -0.15) is 0 Å². The van der Waals surface area contributed by atoms with Crippen LogP contribution < -0.4 is 5.32 Å².